The molecule has 3 heterocycles. The van der Waals surface area contributed by atoms with Gasteiger partial charge in [-0.1, -0.05) is 6.92 Å². The van der Waals surface area contributed by atoms with Crippen molar-refractivity contribution in [3.8, 4) is 0 Å². The molecule has 122 valence electrons. The van der Waals surface area contributed by atoms with Gasteiger partial charge < -0.3 is 4.90 Å². The Morgan fingerprint density at radius 3 is 2.78 bits per heavy atom. The summed E-state index contributed by atoms with van der Waals surface area (Å²) < 4.78 is 1.81. The molecule has 2 fully saturated rings. The third-order valence-electron chi connectivity index (χ3n) is 5.16. The Labute approximate surface area is 136 Å². The molecule has 23 heavy (non-hydrogen) atoms. The number of pyridine rings is 1. The van der Waals surface area contributed by atoms with Gasteiger partial charge in [0.15, 0.2) is 5.65 Å². The lowest BCUT2D eigenvalue weighted by molar-refractivity contribution is 0.0685. The van der Waals surface area contributed by atoms with Gasteiger partial charge in [-0.25, -0.2) is 4.98 Å². The highest BCUT2D eigenvalue weighted by Crippen LogP contribution is 2.40. The van der Waals surface area contributed by atoms with Gasteiger partial charge in [-0.2, -0.15) is 5.10 Å². The Morgan fingerprint density at radius 2 is 2.09 bits per heavy atom. The van der Waals surface area contributed by atoms with Crippen LogP contribution in [-0.4, -0.2) is 38.7 Å². The predicted molar refractivity (Wildman–Crippen MR) is 89.5 cm³/mol. The van der Waals surface area contributed by atoms with Gasteiger partial charge in [0.25, 0.3) is 5.91 Å². The van der Waals surface area contributed by atoms with Crippen LogP contribution in [0, 0.1) is 12.8 Å². The second-order valence-electron chi connectivity index (χ2n) is 7.28. The highest BCUT2D eigenvalue weighted by molar-refractivity contribution is 6.06. The third kappa shape index (κ3) is 2.52. The maximum absolute atomic E-state index is 13.2. The predicted octanol–water partition coefficient (Wildman–Crippen LogP) is 3.03. The molecule has 1 amide bonds. The van der Waals surface area contributed by atoms with E-state index in [1.807, 2.05) is 29.6 Å². The van der Waals surface area contributed by atoms with Gasteiger partial charge in [0.05, 0.1) is 16.6 Å². The van der Waals surface area contributed by atoms with Crippen molar-refractivity contribution in [3.63, 3.8) is 0 Å². The lowest BCUT2D eigenvalue weighted by atomic mass is 9.98. The number of carbonyl (C=O) groups is 1. The van der Waals surface area contributed by atoms with Crippen LogP contribution in [0.25, 0.3) is 11.0 Å². The molecule has 0 bridgehead atoms. The molecule has 2 aromatic rings. The van der Waals surface area contributed by atoms with E-state index in [9.17, 15) is 4.79 Å². The topological polar surface area (TPSA) is 51.0 Å². The molecule has 1 saturated carbocycles. The number of hydrogen-bond acceptors (Lipinski definition) is 3. The number of hydrogen-bond donors (Lipinski definition) is 0. The first-order valence-electron chi connectivity index (χ1n) is 8.68. The van der Waals surface area contributed by atoms with Crippen molar-refractivity contribution in [2.45, 2.75) is 45.4 Å². The van der Waals surface area contributed by atoms with Crippen LogP contribution >= 0.6 is 0 Å². The zero-order valence-corrected chi connectivity index (χ0v) is 14.2. The molecular formula is C18H24N4O. The summed E-state index contributed by atoms with van der Waals surface area (Å²) in [4.78, 5) is 20.0. The number of amides is 1. The Hall–Kier alpha value is -1.91. The molecule has 1 atom stereocenters. The monoisotopic (exact) mass is 312 g/mol. The Balaban J connectivity index is 1.82. The fraction of sp³-hybridized carbons (Fsp3) is 0.611. The number of aromatic nitrogens is 3. The number of aryl methyl sites for hydroxylation is 2. The highest BCUT2D eigenvalue weighted by Gasteiger charge is 2.30. The minimum absolute atomic E-state index is 0.155. The van der Waals surface area contributed by atoms with E-state index in [1.165, 1.54) is 19.3 Å². The molecule has 5 nitrogen and oxygen atoms in total. The molecule has 1 aliphatic heterocycles. The first kappa shape index (κ1) is 14.7. The highest BCUT2D eigenvalue weighted by atomic mass is 16.2. The SMILES string of the molecule is Cc1nn(C)c2nc(C3CC3)cc(C(=O)N3CCC[C@H](C)C3)c12. The quantitative estimate of drug-likeness (QED) is 0.856. The lowest BCUT2D eigenvalue weighted by Crippen LogP contribution is -2.39. The van der Waals surface area contributed by atoms with Gasteiger partial charge in [-0.15, -0.1) is 0 Å². The number of rotatable bonds is 2. The van der Waals surface area contributed by atoms with Gasteiger partial charge >= 0.3 is 0 Å². The summed E-state index contributed by atoms with van der Waals surface area (Å²) in [6, 6.07) is 2.04. The summed E-state index contributed by atoms with van der Waals surface area (Å²) in [7, 11) is 1.91. The molecule has 0 radical (unpaired) electrons. The summed E-state index contributed by atoms with van der Waals surface area (Å²) in [5.41, 5.74) is 3.61. The van der Waals surface area contributed by atoms with Crippen LogP contribution < -0.4 is 0 Å². The molecule has 4 rings (SSSR count). The average Bonchev–Trinajstić information content (AvgIpc) is 3.33. The minimum atomic E-state index is 0.155. The summed E-state index contributed by atoms with van der Waals surface area (Å²) in [5.74, 6) is 1.27. The summed E-state index contributed by atoms with van der Waals surface area (Å²) >= 11 is 0. The molecule has 0 unspecified atom stereocenters. The van der Waals surface area contributed by atoms with Crippen LogP contribution in [0.15, 0.2) is 6.07 Å². The van der Waals surface area contributed by atoms with E-state index in [-0.39, 0.29) is 5.91 Å². The molecule has 2 aliphatic rings. The van der Waals surface area contributed by atoms with Gasteiger partial charge in [-0.3, -0.25) is 9.48 Å². The number of piperidine rings is 1. The molecule has 0 aromatic carbocycles. The smallest absolute Gasteiger partial charge is 0.254 e. The van der Waals surface area contributed by atoms with E-state index >= 15 is 0 Å². The summed E-state index contributed by atoms with van der Waals surface area (Å²) in [6.07, 6.45) is 4.69. The maximum atomic E-state index is 13.2. The first-order valence-corrected chi connectivity index (χ1v) is 8.68. The Morgan fingerprint density at radius 1 is 1.30 bits per heavy atom. The summed E-state index contributed by atoms with van der Waals surface area (Å²) in [6.45, 7) is 5.93. The van der Waals surface area contributed by atoms with Crippen LogP contribution in [0.5, 0.6) is 0 Å². The summed E-state index contributed by atoms with van der Waals surface area (Å²) in [5, 5.41) is 5.43. The maximum Gasteiger partial charge on any atom is 0.254 e. The van der Waals surface area contributed by atoms with E-state index in [0.717, 1.165) is 47.5 Å². The van der Waals surface area contributed by atoms with Crippen molar-refractivity contribution in [2.24, 2.45) is 13.0 Å². The minimum Gasteiger partial charge on any atom is -0.338 e. The van der Waals surface area contributed by atoms with E-state index in [4.69, 9.17) is 4.98 Å². The second-order valence-corrected chi connectivity index (χ2v) is 7.28. The average molecular weight is 312 g/mol. The number of nitrogens with zero attached hydrogens (tertiary/aromatic N) is 4. The number of fused-ring (bicyclic) bond motifs is 1. The Bertz CT molecular complexity index is 775. The number of carbonyl (C=O) groups excluding carboxylic acids is 1. The van der Waals surface area contributed by atoms with Crippen LogP contribution in [0.1, 0.15) is 60.3 Å². The first-order chi connectivity index (χ1) is 11.0. The van der Waals surface area contributed by atoms with Crippen molar-refractivity contribution < 1.29 is 4.79 Å². The van der Waals surface area contributed by atoms with Crippen LogP contribution in [0.4, 0.5) is 0 Å². The van der Waals surface area contributed by atoms with Gasteiger partial charge in [0.2, 0.25) is 0 Å². The molecule has 0 N–H and O–H groups in total. The van der Waals surface area contributed by atoms with Crippen molar-refractivity contribution in [1.29, 1.82) is 0 Å². The van der Waals surface area contributed by atoms with E-state index in [2.05, 4.69) is 12.0 Å². The standard InChI is InChI=1S/C18H24N4O/c1-11-5-4-8-22(10-11)18(23)14-9-15(13-6-7-13)19-17-16(14)12(2)20-21(17)3/h9,11,13H,4-8,10H2,1-3H3/t11-/m0/s1. The fourth-order valence-electron chi connectivity index (χ4n) is 3.77. The van der Waals surface area contributed by atoms with Gasteiger partial charge in [-0.05, 0) is 44.6 Å². The number of likely N-dealkylation sites (tertiary alicyclic amines) is 1. The molecule has 1 aliphatic carbocycles. The van der Waals surface area contributed by atoms with Gasteiger partial charge in [0, 0.05) is 31.7 Å². The molecule has 5 heteroatoms. The zero-order valence-electron chi connectivity index (χ0n) is 14.2. The largest absolute Gasteiger partial charge is 0.338 e. The molecule has 0 spiro atoms. The van der Waals surface area contributed by atoms with Gasteiger partial charge in [0.1, 0.15) is 0 Å². The fourth-order valence-corrected chi connectivity index (χ4v) is 3.77. The van der Waals surface area contributed by atoms with Crippen LogP contribution in [-0.2, 0) is 7.05 Å². The second kappa shape index (κ2) is 5.32. The van der Waals surface area contributed by atoms with Crippen molar-refractivity contribution in [3.05, 3.63) is 23.0 Å². The molecule has 2 aromatic heterocycles. The zero-order chi connectivity index (χ0) is 16.1. The van der Waals surface area contributed by atoms with E-state index in [0.29, 0.717) is 11.8 Å². The third-order valence-corrected chi connectivity index (χ3v) is 5.16. The normalized spacial score (nSPS) is 21.9. The van der Waals surface area contributed by atoms with Crippen LogP contribution in [0.2, 0.25) is 0 Å². The van der Waals surface area contributed by atoms with Crippen molar-refractivity contribution >= 4 is 16.9 Å². The van der Waals surface area contributed by atoms with Crippen molar-refractivity contribution in [2.75, 3.05) is 13.1 Å². The molecular weight excluding hydrogens is 288 g/mol. The lowest BCUT2D eigenvalue weighted by Gasteiger charge is -2.31. The van der Waals surface area contributed by atoms with Crippen molar-refractivity contribution in [1.82, 2.24) is 19.7 Å². The van der Waals surface area contributed by atoms with E-state index in [1.54, 1.807) is 0 Å². The van der Waals surface area contributed by atoms with E-state index < -0.39 is 0 Å². The van der Waals surface area contributed by atoms with Crippen LogP contribution in [0.3, 0.4) is 0 Å². The molecule has 1 saturated heterocycles. The Kier molecular flexibility index (Phi) is 3.39.